The van der Waals surface area contributed by atoms with E-state index in [9.17, 15) is 8.78 Å². The molecule has 0 radical (unpaired) electrons. The lowest BCUT2D eigenvalue weighted by atomic mass is 10.1. The molecule has 0 unspecified atom stereocenters. The summed E-state index contributed by atoms with van der Waals surface area (Å²) in [6, 6.07) is 12.4. The Balaban J connectivity index is 2.18. The molecule has 0 aliphatic carbocycles. The van der Waals surface area contributed by atoms with Crippen LogP contribution in [-0.2, 0) is 0 Å². The van der Waals surface area contributed by atoms with Gasteiger partial charge in [-0.2, -0.15) is 0 Å². The van der Waals surface area contributed by atoms with E-state index in [-0.39, 0.29) is 11.6 Å². The minimum atomic E-state index is -0.263. The zero-order chi connectivity index (χ0) is 11.4. The van der Waals surface area contributed by atoms with Crippen LogP contribution < -0.4 is 0 Å². The quantitative estimate of drug-likeness (QED) is 0.662. The lowest BCUT2D eigenvalue weighted by Crippen LogP contribution is -1.77. The molecule has 80 valence electrons. The van der Waals surface area contributed by atoms with Crippen LogP contribution in [0.3, 0.4) is 0 Å². The average molecular weight is 216 g/mol. The first-order valence-corrected chi connectivity index (χ1v) is 4.93. The zero-order valence-corrected chi connectivity index (χ0v) is 8.53. The fourth-order valence-electron chi connectivity index (χ4n) is 1.38. The third-order valence-corrected chi connectivity index (χ3v) is 2.19. The van der Waals surface area contributed by atoms with Gasteiger partial charge in [-0.25, -0.2) is 8.78 Å². The SMILES string of the molecule is Fc1ccc(/C=C/c2cccc(F)c2)cc1. The molecule has 2 aromatic rings. The molecule has 2 rings (SSSR count). The maximum Gasteiger partial charge on any atom is 0.123 e. The molecule has 0 heterocycles. The first-order valence-electron chi connectivity index (χ1n) is 4.93. The molecule has 0 nitrogen and oxygen atoms in total. The van der Waals surface area contributed by atoms with Crippen molar-refractivity contribution < 1.29 is 8.78 Å². The lowest BCUT2D eigenvalue weighted by molar-refractivity contribution is 0.627. The van der Waals surface area contributed by atoms with Gasteiger partial charge < -0.3 is 0 Å². The van der Waals surface area contributed by atoms with Crippen molar-refractivity contribution in [2.45, 2.75) is 0 Å². The maximum absolute atomic E-state index is 12.9. The molecule has 0 aliphatic rings. The van der Waals surface area contributed by atoms with E-state index < -0.39 is 0 Å². The van der Waals surface area contributed by atoms with E-state index in [1.54, 1.807) is 24.3 Å². The number of halogens is 2. The first-order chi connectivity index (χ1) is 7.74. The minimum Gasteiger partial charge on any atom is -0.207 e. The molecule has 2 heteroatoms. The van der Waals surface area contributed by atoms with Gasteiger partial charge in [-0.15, -0.1) is 0 Å². The third-order valence-electron chi connectivity index (χ3n) is 2.19. The van der Waals surface area contributed by atoms with Crippen molar-refractivity contribution in [2.75, 3.05) is 0 Å². The highest BCUT2D eigenvalue weighted by Gasteiger charge is 1.91. The van der Waals surface area contributed by atoms with Crippen LogP contribution in [0.4, 0.5) is 8.78 Å². The van der Waals surface area contributed by atoms with Crippen LogP contribution in [0.1, 0.15) is 11.1 Å². The number of hydrogen-bond donors (Lipinski definition) is 0. The molecule has 0 spiro atoms. The van der Waals surface area contributed by atoms with Gasteiger partial charge in [-0.1, -0.05) is 36.4 Å². The Hall–Kier alpha value is -1.96. The highest BCUT2D eigenvalue weighted by Crippen LogP contribution is 2.10. The third kappa shape index (κ3) is 2.76. The van der Waals surface area contributed by atoms with E-state index in [0.29, 0.717) is 0 Å². The van der Waals surface area contributed by atoms with E-state index in [4.69, 9.17) is 0 Å². The molecule has 0 aromatic heterocycles. The Morgan fingerprint density at radius 3 is 2.06 bits per heavy atom. The molecular formula is C14H10F2. The fourth-order valence-corrected chi connectivity index (χ4v) is 1.38. The standard InChI is InChI=1S/C14H10F2/c15-13-8-6-11(7-9-13)4-5-12-2-1-3-14(16)10-12/h1-10H/b5-4+. The molecule has 2 aromatic carbocycles. The molecule has 0 saturated carbocycles. The summed E-state index contributed by atoms with van der Waals surface area (Å²) in [6.45, 7) is 0. The van der Waals surface area contributed by atoms with E-state index in [2.05, 4.69) is 0 Å². The lowest BCUT2D eigenvalue weighted by Gasteiger charge is -1.95. The van der Waals surface area contributed by atoms with Crippen LogP contribution >= 0.6 is 0 Å². The summed E-state index contributed by atoms with van der Waals surface area (Å²) in [6.07, 6.45) is 3.60. The van der Waals surface area contributed by atoms with E-state index in [1.165, 1.54) is 24.3 Å². The number of rotatable bonds is 2. The number of benzene rings is 2. The monoisotopic (exact) mass is 216 g/mol. The topological polar surface area (TPSA) is 0 Å². The molecule has 0 bridgehead atoms. The molecule has 16 heavy (non-hydrogen) atoms. The second kappa shape index (κ2) is 4.71. The highest BCUT2D eigenvalue weighted by atomic mass is 19.1. The molecule has 0 saturated heterocycles. The van der Waals surface area contributed by atoms with Gasteiger partial charge in [0.2, 0.25) is 0 Å². The van der Waals surface area contributed by atoms with E-state index in [0.717, 1.165) is 11.1 Å². The smallest absolute Gasteiger partial charge is 0.123 e. The Morgan fingerprint density at radius 2 is 1.38 bits per heavy atom. The summed E-state index contributed by atoms with van der Waals surface area (Å²) in [5.74, 6) is -0.524. The van der Waals surface area contributed by atoms with Crippen molar-refractivity contribution in [3.63, 3.8) is 0 Å². The molecular weight excluding hydrogens is 206 g/mol. The average Bonchev–Trinajstić information content (AvgIpc) is 2.28. The van der Waals surface area contributed by atoms with Crippen LogP contribution in [0.2, 0.25) is 0 Å². The van der Waals surface area contributed by atoms with E-state index >= 15 is 0 Å². The second-order valence-corrected chi connectivity index (χ2v) is 3.44. The Labute approximate surface area is 92.9 Å². The van der Waals surface area contributed by atoms with Crippen molar-refractivity contribution in [3.8, 4) is 0 Å². The van der Waals surface area contributed by atoms with Crippen LogP contribution in [0.25, 0.3) is 12.2 Å². The van der Waals surface area contributed by atoms with Crippen LogP contribution in [0.5, 0.6) is 0 Å². The molecule has 0 amide bonds. The summed E-state index contributed by atoms with van der Waals surface area (Å²) >= 11 is 0. The summed E-state index contributed by atoms with van der Waals surface area (Å²) in [5, 5.41) is 0. The summed E-state index contributed by atoms with van der Waals surface area (Å²) < 4.78 is 25.5. The molecule has 0 aliphatic heterocycles. The number of hydrogen-bond acceptors (Lipinski definition) is 0. The van der Waals surface area contributed by atoms with Crippen molar-refractivity contribution in [2.24, 2.45) is 0 Å². The van der Waals surface area contributed by atoms with Gasteiger partial charge >= 0.3 is 0 Å². The van der Waals surface area contributed by atoms with Gasteiger partial charge in [0.15, 0.2) is 0 Å². The summed E-state index contributed by atoms with van der Waals surface area (Å²) in [5.41, 5.74) is 1.66. The van der Waals surface area contributed by atoms with Gasteiger partial charge in [-0.3, -0.25) is 0 Å². The summed E-state index contributed by atoms with van der Waals surface area (Å²) in [7, 11) is 0. The predicted molar refractivity (Wildman–Crippen MR) is 61.7 cm³/mol. The van der Waals surface area contributed by atoms with Crippen molar-refractivity contribution in [1.82, 2.24) is 0 Å². The molecule has 0 fully saturated rings. The van der Waals surface area contributed by atoms with Crippen LogP contribution in [0.15, 0.2) is 48.5 Å². The van der Waals surface area contributed by atoms with Crippen LogP contribution in [0, 0.1) is 11.6 Å². The largest absolute Gasteiger partial charge is 0.207 e. The molecule has 0 N–H and O–H groups in total. The van der Waals surface area contributed by atoms with Crippen molar-refractivity contribution in [3.05, 3.63) is 71.3 Å². The van der Waals surface area contributed by atoms with E-state index in [1.807, 2.05) is 12.1 Å². The van der Waals surface area contributed by atoms with Crippen molar-refractivity contribution >= 4 is 12.2 Å². The van der Waals surface area contributed by atoms with Crippen LogP contribution in [-0.4, -0.2) is 0 Å². The fraction of sp³-hybridized carbons (Fsp3) is 0. The predicted octanol–water partition coefficient (Wildman–Crippen LogP) is 4.14. The summed E-state index contributed by atoms with van der Waals surface area (Å²) in [4.78, 5) is 0. The van der Waals surface area contributed by atoms with Gasteiger partial charge in [0.1, 0.15) is 11.6 Å². The van der Waals surface area contributed by atoms with Gasteiger partial charge in [-0.05, 0) is 35.4 Å². The Bertz CT molecular complexity index is 498. The van der Waals surface area contributed by atoms with Gasteiger partial charge in [0.25, 0.3) is 0 Å². The minimum absolute atomic E-state index is 0.261. The maximum atomic E-state index is 12.9. The zero-order valence-electron chi connectivity index (χ0n) is 8.53. The molecule has 0 atom stereocenters. The first kappa shape index (κ1) is 10.6. The van der Waals surface area contributed by atoms with Gasteiger partial charge in [0.05, 0.1) is 0 Å². The highest BCUT2D eigenvalue weighted by molar-refractivity contribution is 5.69. The van der Waals surface area contributed by atoms with Gasteiger partial charge in [0, 0.05) is 0 Å². The Kier molecular flexibility index (Phi) is 3.10. The van der Waals surface area contributed by atoms with Crippen molar-refractivity contribution in [1.29, 1.82) is 0 Å². The normalized spacial score (nSPS) is 10.9. The second-order valence-electron chi connectivity index (χ2n) is 3.44. The Morgan fingerprint density at radius 1 is 0.688 bits per heavy atom.